The second kappa shape index (κ2) is 6.52. The van der Waals surface area contributed by atoms with Crippen molar-refractivity contribution in [3.63, 3.8) is 0 Å². The fraction of sp³-hybridized carbons (Fsp3) is 0.176. The molecule has 1 amide bonds. The first kappa shape index (κ1) is 16.2. The number of hydrogen-bond donors (Lipinski definition) is 1. The fourth-order valence-corrected chi connectivity index (χ4v) is 2.74. The third-order valence-corrected chi connectivity index (χ3v) is 4.05. The van der Waals surface area contributed by atoms with Gasteiger partial charge in [-0.25, -0.2) is 23.8 Å². The van der Waals surface area contributed by atoms with E-state index in [0.29, 0.717) is 22.6 Å². The molecule has 3 aromatic rings. The molecule has 3 heterocycles. The van der Waals surface area contributed by atoms with Crippen LogP contribution in [0.25, 0.3) is 16.9 Å². The molecule has 4 rings (SSSR count). The van der Waals surface area contributed by atoms with Crippen LogP contribution in [0.2, 0.25) is 0 Å². The van der Waals surface area contributed by atoms with Crippen molar-refractivity contribution < 1.29 is 19.0 Å². The van der Waals surface area contributed by atoms with Crippen molar-refractivity contribution in [1.82, 2.24) is 19.7 Å². The summed E-state index contributed by atoms with van der Waals surface area (Å²) < 4.78 is 21.1. The van der Waals surface area contributed by atoms with Crippen LogP contribution < -0.4 is 4.90 Å². The highest BCUT2D eigenvalue weighted by molar-refractivity contribution is 5.90. The molecule has 0 bridgehead atoms. The minimum Gasteiger partial charge on any atom is -0.441 e. The van der Waals surface area contributed by atoms with E-state index in [-0.39, 0.29) is 13.2 Å². The van der Waals surface area contributed by atoms with Crippen molar-refractivity contribution in [3.8, 4) is 16.9 Å². The van der Waals surface area contributed by atoms with Gasteiger partial charge in [0.15, 0.2) is 5.82 Å². The number of ether oxygens (including phenoxy) is 1. The third-order valence-electron chi connectivity index (χ3n) is 4.05. The number of carbonyl (C=O) groups is 1. The Morgan fingerprint density at radius 2 is 2.19 bits per heavy atom. The molecule has 1 saturated heterocycles. The molecule has 26 heavy (non-hydrogen) atoms. The number of rotatable bonds is 4. The number of pyridine rings is 1. The highest BCUT2D eigenvalue weighted by Gasteiger charge is 2.32. The summed E-state index contributed by atoms with van der Waals surface area (Å²) in [5.41, 5.74) is 1.33. The van der Waals surface area contributed by atoms with E-state index in [9.17, 15) is 9.18 Å². The maximum atomic E-state index is 14.6. The van der Waals surface area contributed by atoms with Gasteiger partial charge in [0.1, 0.15) is 24.6 Å². The van der Waals surface area contributed by atoms with Gasteiger partial charge in [-0.1, -0.05) is 0 Å². The highest BCUT2D eigenvalue weighted by atomic mass is 19.1. The van der Waals surface area contributed by atoms with Crippen LogP contribution in [-0.4, -0.2) is 50.2 Å². The van der Waals surface area contributed by atoms with Gasteiger partial charge in [-0.05, 0) is 30.3 Å². The molecule has 8 nitrogen and oxygen atoms in total. The molecule has 0 spiro atoms. The Balaban J connectivity index is 1.59. The minimum atomic E-state index is -0.602. The molecule has 9 heteroatoms. The average molecular weight is 355 g/mol. The first-order valence-corrected chi connectivity index (χ1v) is 7.85. The van der Waals surface area contributed by atoms with Gasteiger partial charge in [0, 0.05) is 17.3 Å². The molecule has 0 unspecified atom stereocenters. The lowest BCUT2D eigenvalue weighted by atomic mass is 10.1. The van der Waals surface area contributed by atoms with E-state index in [1.54, 1.807) is 30.5 Å². The van der Waals surface area contributed by atoms with Crippen LogP contribution in [0.1, 0.15) is 0 Å². The molecule has 0 radical (unpaired) electrons. The smallest absolute Gasteiger partial charge is 0.414 e. The van der Waals surface area contributed by atoms with Crippen molar-refractivity contribution in [3.05, 3.63) is 55.0 Å². The van der Waals surface area contributed by atoms with Crippen LogP contribution in [0, 0.1) is 5.82 Å². The molecular weight excluding hydrogens is 341 g/mol. The molecule has 1 N–H and O–H groups in total. The number of amides is 1. The van der Waals surface area contributed by atoms with Gasteiger partial charge < -0.3 is 9.84 Å². The third kappa shape index (κ3) is 2.88. The van der Waals surface area contributed by atoms with Crippen molar-refractivity contribution in [2.75, 3.05) is 18.1 Å². The van der Waals surface area contributed by atoms with Crippen LogP contribution in [0.5, 0.6) is 0 Å². The van der Waals surface area contributed by atoms with E-state index in [0.717, 1.165) is 0 Å². The van der Waals surface area contributed by atoms with Crippen molar-refractivity contribution >= 4 is 11.8 Å². The zero-order valence-corrected chi connectivity index (χ0v) is 13.5. The number of aliphatic hydroxyl groups excluding tert-OH is 1. The highest BCUT2D eigenvalue weighted by Crippen LogP contribution is 2.29. The van der Waals surface area contributed by atoms with Gasteiger partial charge in [0.25, 0.3) is 0 Å². The van der Waals surface area contributed by atoms with Gasteiger partial charge in [-0.15, -0.1) is 0 Å². The molecule has 2 aromatic heterocycles. The Morgan fingerprint density at radius 3 is 2.81 bits per heavy atom. The lowest BCUT2D eigenvalue weighted by molar-refractivity contribution is 0.0963. The number of hydrogen-bond acceptors (Lipinski definition) is 6. The molecule has 1 aromatic carbocycles. The Bertz CT molecular complexity index is 930. The first-order valence-electron chi connectivity index (χ1n) is 7.85. The summed E-state index contributed by atoms with van der Waals surface area (Å²) in [6.45, 7) is -0.0884. The fourth-order valence-electron chi connectivity index (χ4n) is 2.74. The minimum absolute atomic E-state index is 0.183. The van der Waals surface area contributed by atoms with E-state index in [1.165, 1.54) is 28.3 Å². The monoisotopic (exact) mass is 355 g/mol. The van der Waals surface area contributed by atoms with E-state index in [4.69, 9.17) is 9.84 Å². The number of cyclic esters (lactones) is 1. The molecule has 1 aliphatic rings. The van der Waals surface area contributed by atoms with Gasteiger partial charge in [0.05, 0.1) is 18.8 Å². The number of aliphatic hydroxyl groups is 1. The van der Waals surface area contributed by atoms with Crippen LogP contribution in [0.3, 0.4) is 0 Å². The van der Waals surface area contributed by atoms with E-state index >= 15 is 0 Å². The molecule has 1 fully saturated rings. The van der Waals surface area contributed by atoms with E-state index < -0.39 is 18.0 Å². The van der Waals surface area contributed by atoms with Gasteiger partial charge in [0.2, 0.25) is 0 Å². The number of aromatic nitrogens is 4. The van der Waals surface area contributed by atoms with Crippen molar-refractivity contribution in [2.45, 2.75) is 6.10 Å². The second-order valence-electron chi connectivity index (χ2n) is 5.71. The standard InChI is InChI=1S/C17H14FN5O3/c18-15-5-12(22-7-13(8-24)26-17(22)25)2-3-14(15)11-1-4-16(20-6-11)23-10-19-9-21-23/h1-6,9-10,13,24H,7-8H2/t13-/m1/s1. The summed E-state index contributed by atoms with van der Waals surface area (Å²) in [5.74, 6) is 0.0798. The lowest BCUT2D eigenvalue weighted by Crippen LogP contribution is -2.25. The molecule has 132 valence electrons. The summed E-state index contributed by atoms with van der Waals surface area (Å²) in [4.78, 5) is 21.2. The van der Waals surface area contributed by atoms with Crippen molar-refractivity contribution in [2.24, 2.45) is 0 Å². The van der Waals surface area contributed by atoms with Crippen LogP contribution >= 0.6 is 0 Å². The van der Waals surface area contributed by atoms with Gasteiger partial charge in [-0.2, -0.15) is 5.10 Å². The Hall–Kier alpha value is -3.33. The Morgan fingerprint density at radius 1 is 1.31 bits per heavy atom. The summed E-state index contributed by atoms with van der Waals surface area (Å²) >= 11 is 0. The summed E-state index contributed by atoms with van der Waals surface area (Å²) in [7, 11) is 0. The zero-order chi connectivity index (χ0) is 18.1. The lowest BCUT2D eigenvalue weighted by Gasteiger charge is -2.14. The number of anilines is 1. The van der Waals surface area contributed by atoms with E-state index in [2.05, 4.69) is 15.1 Å². The predicted molar refractivity (Wildman–Crippen MR) is 89.2 cm³/mol. The Labute approximate surface area is 147 Å². The SMILES string of the molecule is O=C1O[C@@H](CO)CN1c1ccc(-c2ccc(-n3cncn3)nc2)c(F)c1. The topological polar surface area (TPSA) is 93.4 Å². The summed E-state index contributed by atoms with van der Waals surface area (Å²) in [6.07, 6.45) is 3.26. The van der Waals surface area contributed by atoms with Crippen LogP contribution in [0.4, 0.5) is 14.9 Å². The molecule has 0 aliphatic carbocycles. The number of halogens is 1. The molecular formula is C17H14FN5O3. The first-order chi connectivity index (χ1) is 12.7. The Kier molecular flexibility index (Phi) is 4.05. The molecule has 1 atom stereocenters. The van der Waals surface area contributed by atoms with Crippen LogP contribution in [-0.2, 0) is 4.74 Å². The normalized spacial score (nSPS) is 16.8. The quantitative estimate of drug-likeness (QED) is 0.767. The van der Waals surface area contributed by atoms with E-state index in [1.807, 2.05) is 0 Å². The average Bonchev–Trinajstić information content (AvgIpc) is 3.31. The van der Waals surface area contributed by atoms with Crippen molar-refractivity contribution in [1.29, 1.82) is 0 Å². The summed E-state index contributed by atoms with van der Waals surface area (Å²) in [5, 5.41) is 13.1. The molecule has 0 saturated carbocycles. The van der Waals surface area contributed by atoms with Gasteiger partial charge in [-0.3, -0.25) is 4.90 Å². The second-order valence-corrected chi connectivity index (χ2v) is 5.71. The van der Waals surface area contributed by atoms with Gasteiger partial charge >= 0.3 is 6.09 Å². The number of carbonyl (C=O) groups excluding carboxylic acids is 1. The zero-order valence-electron chi connectivity index (χ0n) is 13.5. The number of nitrogens with zero attached hydrogens (tertiary/aromatic N) is 5. The maximum absolute atomic E-state index is 14.6. The van der Waals surface area contributed by atoms with Crippen LogP contribution in [0.15, 0.2) is 49.2 Å². The summed E-state index contributed by atoms with van der Waals surface area (Å²) in [6, 6.07) is 7.91. The maximum Gasteiger partial charge on any atom is 0.414 e. The number of benzene rings is 1. The predicted octanol–water partition coefficient (Wildman–Crippen LogP) is 1.79. The largest absolute Gasteiger partial charge is 0.441 e. The molecule has 1 aliphatic heterocycles.